The molecule has 0 N–H and O–H groups in total. The van der Waals surface area contributed by atoms with Crippen LogP contribution in [0.25, 0.3) is 0 Å². The van der Waals surface area contributed by atoms with Crippen molar-refractivity contribution in [1.82, 2.24) is 0 Å². The predicted octanol–water partition coefficient (Wildman–Crippen LogP) is 7.41. The van der Waals surface area contributed by atoms with E-state index in [0.29, 0.717) is 0 Å². The molecule has 0 atom stereocenters. The molecular formula is C20H37. The zero-order valence-electron chi connectivity index (χ0n) is 13.9. The summed E-state index contributed by atoms with van der Waals surface area (Å²) in [5.41, 5.74) is 0. The van der Waals surface area contributed by atoms with Gasteiger partial charge in [-0.1, -0.05) is 109 Å². The van der Waals surface area contributed by atoms with Crippen molar-refractivity contribution >= 4 is 0 Å². The number of unbranched alkanes of at least 4 members (excludes halogenated alkanes) is 14. The third kappa shape index (κ3) is 17.5. The van der Waals surface area contributed by atoms with E-state index in [2.05, 4.69) is 32.1 Å². The van der Waals surface area contributed by atoms with Crippen LogP contribution in [0.15, 0.2) is 24.8 Å². The van der Waals surface area contributed by atoms with Gasteiger partial charge in [-0.15, -0.1) is 0 Å². The maximum atomic E-state index is 3.68. The number of rotatable bonds is 16. The zero-order valence-corrected chi connectivity index (χ0v) is 13.9. The molecule has 0 rings (SSSR count). The lowest BCUT2D eigenvalue weighted by Gasteiger charge is -2.02. The summed E-state index contributed by atoms with van der Waals surface area (Å²) in [6.07, 6.45) is 28.0. The molecule has 0 aliphatic rings. The van der Waals surface area contributed by atoms with E-state index in [1.165, 1.54) is 89.9 Å². The molecule has 0 amide bonds. The van der Waals surface area contributed by atoms with Crippen LogP contribution < -0.4 is 0 Å². The van der Waals surface area contributed by atoms with Gasteiger partial charge in [0.15, 0.2) is 0 Å². The fourth-order valence-corrected chi connectivity index (χ4v) is 2.49. The van der Waals surface area contributed by atoms with Crippen LogP contribution in [-0.4, -0.2) is 0 Å². The van der Waals surface area contributed by atoms with Gasteiger partial charge in [-0.25, -0.2) is 0 Å². The molecule has 0 unspecified atom stereocenters. The maximum Gasteiger partial charge on any atom is -0.0348 e. The summed E-state index contributed by atoms with van der Waals surface area (Å²) in [7, 11) is 0. The van der Waals surface area contributed by atoms with Crippen LogP contribution in [0, 0.1) is 6.42 Å². The van der Waals surface area contributed by atoms with E-state index in [9.17, 15) is 0 Å². The van der Waals surface area contributed by atoms with Crippen molar-refractivity contribution in [3.05, 3.63) is 31.2 Å². The topological polar surface area (TPSA) is 0 Å². The lowest BCUT2D eigenvalue weighted by atomic mass is 10.0. The number of allylic oxidation sites excluding steroid dienone is 3. The molecule has 0 bridgehead atoms. The summed E-state index contributed by atoms with van der Waals surface area (Å²) in [4.78, 5) is 0. The van der Waals surface area contributed by atoms with Gasteiger partial charge in [0.25, 0.3) is 0 Å². The van der Waals surface area contributed by atoms with Crippen molar-refractivity contribution in [3.63, 3.8) is 0 Å². The monoisotopic (exact) mass is 277 g/mol. The van der Waals surface area contributed by atoms with E-state index < -0.39 is 0 Å². The normalized spacial score (nSPS) is 11.2. The predicted molar refractivity (Wildman–Crippen MR) is 93.9 cm³/mol. The first kappa shape index (κ1) is 19.5. The Morgan fingerprint density at radius 1 is 0.650 bits per heavy atom. The SMILES string of the molecule is C=C/C=C/CCCCCCCCC[CH]CCCCCC. The van der Waals surface area contributed by atoms with Crippen molar-refractivity contribution in [1.29, 1.82) is 0 Å². The molecule has 0 aliphatic carbocycles. The van der Waals surface area contributed by atoms with Gasteiger partial charge >= 0.3 is 0 Å². The van der Waals surface area contributed by atoms with E-state index in [1.54, 1.807) is 0 Å². The Morgan fingerprint density at radius 3 is 1.70 bits per heavy atom. The van der Waals surface area contributed by atoms with Crippen LogP contribution in [0.4, 0.5) is 0 Å². The fraction of sp³-hybridized carbons (Fsp3) is 0.750. The second-order valence-electron chi connectivity index (χ2n) is 5.85. The van der Waals surface area contributed by atoms with E-state index in [1.807, 2.05) is 6.08 Å². The first-order valence-corrected chi connectivity index (χ1v) is 9.01. The highest BCUT2D eigenvalue weighted by atomic mass is 14.0. The fourth-order valence-electron chi connectivity index (χ4n) is 2.49. The first-order chi connectivity index (χ1) is 9.91. The molecule has 0 saturated heterocycles. The summed E-state index contributed by atoms with van der Waals surface area (Å²) in [5, 5.41) is 0. The molecule has 0 aromatic rings. The molecule has 0 spiro atoms. The van der Waals surface area contributed by atoms with E-state index in [4.69, 9.17) is 0 Å². The molecule has 20 heavy (non-hydrogen) atoms. The van der Waals surface area contributed by atoms with Crippen molar-refractivity contribution in [2.45, 2.75) is 96.8 Å². The molecule has 0 heteroatoms. The summed E-state index contributed by atoms with van der Waals surface area (Å²) < 4.78 is 0. The molecule has 0 nitrogen and oxygen atoms in total. The van der Waals surface area contributed by atoms with Crippen LogP contribution in [0.2, 0.25) is 0 Å². The van der Waals surface area contributed by atoms with Crippen LogP contribution in [0.1, 0.15) is 96.8 Å². The number of hydrogen-bond acceptors (Lipinski definition) is 0. The maximum absolute atomic E-state index is 3.68. The van der Waals surface area contributed by atoms with Crippen molar-refractivity contribution in [3.8, 4) is 0 Å². The average Bonchev–Trinajstić information content (AvgIpc) is 2.47. The Morgan fingerprint density at radius 2 is 1.15 bits per heavy atom. The molecule has 0 aromatic carbocycles. The lowest BCUT2D eigenvalue weighted by molar-refractivity contribution is 0.573. The Labute approximate surface area is 128 Å². The third-order valence-electron chi connectivity index (χ3n) is 3.81. The molecule has 0 aromatic heterocycles. The summed E-state index contributed by atoms with van der Waals surface area (Å²) >= 11 is 0. The highest BCUT2D eigenvalue weighted by molar-refractivity contribution is 4.96. The lowest BCUT2D eigenvalue weighted by Crippen LogP contribution is -1.83. The van der Waals surface area contributed by atoms with Crippen LogP contribution in [0.5, 0.6) is 0 Å². The second kappa shape index (κ2) is 18.5. The Bertz CT molecular complexity index is 202. The van der Waals surface area contributed by atoms with Crippen molar-refractivity contribution in [2.75, 3.05) is 0 Å². The van der Waals surface area contributed by atoms with E-state index in [0.717, 1.165) is 0 Å². The van der Waals surface area contributed by atoms with E-state index in [-0.39, 0.29) is 0 Å². The minimum absolute atomic E-state index is 1.22. The Balaban J connectivity index is 2.95. The van der Waals surface area contributed by atoms with Crippen LogP contribution in [0.3, 0.4) is 0 Å². The van der Waals surface area contributed by atoms with Gasteiger partial charge in [-0.3, -0.25) is 0 Å². The van der Waals surface area contributed by atoms with Gasteiger partial charge in [0, 0.05) is 0 Å². The van der Waals surface area contributed by atoms with Gasteiger partial charge in [0.05, 0.1) is 0 Å². The van der Waals surface area contributed by atoms with Crippen molar-refractivity contribution < 1.29 is 0 Å². The van der Waals surface area contributed by atoms with Crippen LogP contribution >= 0.6 is 0 Å². The summed E-state index contributed by atoms with van der Waals surface area (Å²) in [6, 6.07) is 0. The van der Waals surface area contributed by atoms with Gasteiger partial charge in [0.1, 0.15) is 0 Å². The van der Waals surface area contributed by atoms with Crippen LogP contribution in [-0.2, 0) is 0 Å². The smallest absolute Gasteiger partial charge is 0.0348 e. The number of hydrogen-bond donors (Lipinski definition) is 0. The molecule has 117 valence electrons. The second-order valence-corrected chi connectivity index (χ2v) is 5.85. The van der Waals surface area contributed by atoms with E-state index >= 15 is 0 Å². The molecule has 0 fully saturated rings. The summed E-state index contributed by atoms with van der Waals surface area (Å²) in [5.74, 6) is 0. The largest absolute Gasteiger partial charge is 0.0991 e. The minimum atomic E-state index is 1.22. The van der Waals surface area contributed by atoms with Crippen molar-refractivity contribution in [2.24, 2.45) is 0 Å². The Kier molecular flexibility index (Phi) is 18.0. The quantitative estimate of drug-likeness (QED) is 0.203. The van der Waals surface area contributed by atoms with Gasteiger partial charge in [-0.05, 0) is 19.3 Å². The molecule has 0 saturated carbocycles. The minimum Gasteiger partial charge on any atom is -0.0991 e. The average molecular weight is 278 g/mol. The first-order valence-electron chi connectivity index (χ1n) is 9.01. The third-order valence-corrected chi connectivity index (χ3v) is 3.81. The standard InChI is InChI=1S/C20H37/c1-3-5-7-9-11-13-15-17-19-20-18-16-14-12-10-8-6-4-2/h3,5,7,14H,1,4,6,8-13,15-20H2,2H3/b7-5+. The zero-order chi connectivity index (χ0) is 14.7. The van der Waals surface area contributed by atoms with Gasteiger partial charge in [0.2, 0.25) is 0 Å². The highest BCUT2D eigenvalue weighted by Crippen LogP contribution is 2.12. The molecular weight excluding hydrogens is 240 g/mol. The summed E-state index contributed by atoms with van der Waals surface area (Å²) in [6.45, 7) is 5.96. The molecule has 0 heterocycles. The molecule has 0 aliphatic heterocycles. The van der Waals surface area contributed by atoms with Gasteiger partial charge < -0.3 is 0 Å². The Hall–Kier alpha value is -0.520. The van der Waals surface area contributed by atoms with Gasteiger partial charge in [-0.2, -0.15) is 0 Å². The highest BCUT2D eigenvalue weighted by Gasteiger charge is 1.93. The molecule has 1 radical (unpaired) electrons.